The Morgan fingerprint density at radius 3 is 2.41 bits per heavy atom. The van der Waals surface area contributed by atoms with E-state index in [1.807, 2.05) is 12.1 Å². The van der Waals surface area contributed by atoms with Gasteiger partial charge < -0.3 is 9.47 Å². The third kappa shape index (κ3) is 4.41. The van der Waals surface area contributed by atoms with E-state index in [0.29, 0.717) is 23.6 Å². The summed E-state index contributed by atoms with van der Waals surface area (Å²) < 4.78 is 39.4. The van der Waals surface area contributed by atoms with Gasteiger partial charge >= 0.3 is 0 Å². The minimum atomic E-state index is -3.61. The zero-order valence-electron chi connectivity index (χ0n) is 14.9. The second-order valence-corrected chi connectivity index (χ2v) is 7.35. The van der Waals surface area contributed by atoms with Crippen molar-refractivity contribution in [3.63, 3.8) is 0 Å². The van der Waals surface area contributed by atoms with Crippen molar-refractivity contribution in [1.29, 1.82) is 0 Å². The molecule has 9 nitrogen and oxygen atoms in total. The van der Waals surface area contributed by atoms with Gasteiger partial charge in [0.25, 0.3) is 0 Å². The van der Waals surface area contributed by atoms with Crippen LogP contribution in [0, 0.1) is 0 Å². The Labute approximate surface area is 157 Å². The van der Waals surface area contributed by atoms with E-state index in [-0.39, 0.29) is 11.4 Å². The summed E-state index contributed by atoms with van der Waals surface area (Å²) in [4.78, 5) is 0.173. The van der Waals surface area contributed by atoms with Crippen LogP contribution in [0.3, 0.4) is 0 Å². The molecule has 2 aromatic carbocycles. The second-order valence-electron chi connectivity index (χ2n) is 5.59. The largest absolute Gasteiger partial charge is 0.493 e. The van der Waals surface area contributed by atoms with Crippen LogP contribution in [0.1, 0.15) is 5.56 Å². The Morgan fingerprint density at radius 2 is 1.78 bits per heavy atom. The van der Waals surface area contributed by atoms with Gasteiger partial charge in [0.15, 0.2) is 11.5 Å². The first-order valence-corrected chi connectivity index (χ1v) is 9.56. The first kappa shape index (κ1) is 18.8. The number of tetrazole rings is 1. The summed E-state index contributed by atoms with van der Waals surface area (Å²) in [5.41, 5.74) is 1.61. The summed E-state index contributed by atoms with van der Waals surface area (Å²) in [5.74, 6) is 1.24. The molecule has 0 unspecified atom stereocenters. The molecule has 1 aromatic heterocycles. The average Bonchev–Trinajstić information content (AvgIpc) is 3.22. The molecular formula is C17H19N5O4S. The fraction of sp³-hybridized carbons (Fsp3) is 0.235. The highest BCUT2D eigenvalue weighted by molar-refractivity contribution is 7.89. The smallest absolute Gasteiger partial charge is 0.240 e. The monoisotopic (exact) mass is 389 g/mol. The number of sulfonamides is 1. The third-order valence-corrected chi connectivity index (χ3v) is 5.39. The highest BCUT2D eigenvalue weighted by Gasteiger charge is 2.14. The summed E-state index contributed by atoms with van der Waals surface area (Å²) >= 11 is 0. The number of rotatable bonds is 8. The summed E-state index contributed by atoms with van der Waals surface area (Å²) in [6, 6.07) is 11.8. The van der Waals surface area contributed by atoms with Gasteiger partial charge in [-0.15, -0.1) is 5.10 Å². The van der Waals surface area contributed by atoms with Gasteiger partial charge in [-0.2, -0.15) is 0 Å². The molecule has 0 fully saturated rings. The van der Waals surface area contributed by atoms with Gasteiger partial charge in [-0.3, -0.25) is 0 Å². The Bertz CT molecular complexity index is 989. The molecule has 27 heavy (non-hydrogen) atoms. The number of nitrogens with one attached hydrogen (secondary N) is 1. The molecule has 1 heterocycles. The fourth-order valence-electron chi connectivity index (χ4n) is 2.51. The average molecular weight is 389 g/mol. The minimum absolute atomic E-state index is 0.173. The van der Waals surface area contributed by atoms with Crippen molar-refractivity contribution in [2.75, 3.05) is 20.8 Å². The molecule has 0 amide bonds. The van der Waals surface area contributed by atoms with E-state index in [2.05, 4.69) is 20.2 Å². The molecule has 3 aromatic rings. The first-order chi connectivity index (χ1) is 13.0. The molecule has 10 heteroatoms. The molecule has 0 aliphatic heterocycles. The third-order valence-electron chi connectivity index (χ3n) is 3.91. The van der Waals surface area contributed by atoms with Crippen molar-refractivity contribution in [3.8, 4) is 17.2 Å². The molecular weight excluding hydrogens is 370 g/mol. The number of hydrogen-bond acceptors (Lipinski definition) is 7. The molecule has 3 rings (SSSR count). The lowest BCUT2D eigenvalue weighted by Gasteiger charge is -2.10. The Hall–Kier alpha value is -2.98. The second kappa shape index (κ2) is 8.14. The predicted molar refractivity (Wildman–Crippen MR) is 97.6 cm³/mol. The SMILES string of the molecule is COc1ccc(CCNS(=O)(=O)c2ccc(-n3cnnn3)cc2)cc1OC. The molecule has 0 aliphatic rings. The lowest BCUT2D eigenvalue weighted by molar-refractivity contribution is 0.354. The van der Waals surface area contributed by atoms with E-state index in [1.54, 1.807) is 32.4 Å². The molecule has 0 atom stereocenters. The van der Waals surface area contributed by atoms with Crippen molar-refractivity contribution in [2.45, 2.75) is 11.3 Å². The van der Waals surface area contributed by atoms with Crippen molar-refractivity contribution in [3.05, 3.63) is 54.4 Å². The van der Waals surface area contributed by atoms with Gasteiger partial charge in [0, 0.05) is 6.54 Å². The van der Waals surface area contributed by atoms with Crippen LogP contribution in [0.15, 0.2) is 53.7 Å². The maximum atomic E-state index is 12.4. The highest BCUT2D eigenvalue weighted by Crippen LogP contribution is 2.27. The van der Waals surface area contributed by atoms with Crippen LogP contribution in [-0.2, 0) is 16.4 Å². The van der Waals surface area contributed by atoms with E-state index < -0.39 is 10.0 Å². The number of aromatic nitrogens is 4. The number of benzene rings is 2. The molecule has 0 aliphatic carbocycles. The van der Waals surface area contributed by atoms with Crippen LogP contribution >= 0.6 is 0 Å². The zero-order chi connectivity index (χ0) is 19.3. The molecule has 0 bridgehead atoms. The van der Waals surface area contributed by atoms with E-state index in [4.69, 9.17) is 9.47 Å². The molecule has 0 saturated heterocycles. The van der Waals surface area contributed by atoms with Crippen LogP contribution in [0.4, 0.5) is 0 Å². The lowest BCUT2D eigenvalue weighted by Crippen LogP contribution is -2.26. The van der Waals surface area contributed by atoms with Crippen LogP contribution in [0.2, 0.25) is 0 Å². The maximum Gasteiger partial charge on any atom is 0.240 e. The van der Waals surface area contributed by atoms with Gasteiger partial charge in [-0.25, -0.2) is 17.8 Å². The van der Waals surface area contributed by atoms with Crippen LogP contribution in [0.5, 0.6) is 11.5 Å². The van der Waals surface area contributed by atoms with Gasteiger partial charge in [0.05, 0.1) is 24.8 Å². The normalized spacial score (nSPS) is 11.3. The van der Waals surface area contributed by atoms with Gasteiger partial charge in [-0.1, -0.05) is 6.07 Å². The Kier molecular flexibility index (Phi) is 5.67. The molecule has 1 N–H and O–H groups in total. The summed E-state index contributed by atoms with van der Waals surface area (Å²) in [7, 11) is -0.487. The topological polar surface area (TPSA) is 108 Å². The predicted octanol–water partition coefficient (Wildman–Crippen LogP) is 1.20. The molecule has 142 valence electrons. The number of ether oxygens (including phenoxy) is 2. The summed E-state index contributed by atoms with van der Waals surface area (Å²) in [6.07, 6.45) is 1.95. The number of methoxy groups -OCH3 is 2. The van der Waals surface area contributed by atoms with Gasteiger partial charge in [-0.05, 0) is 58.8 Å². The van der Waals surface area contributed by atoms with Crippen molar-refractivity contribution >= 4 is 10.0 Å². The van der Waals surface area contributed by atoms with Crippen LogP contribution in [-0.4, -0.2) is 49.4 Å². The van der Waals surface area contributed by atoms with E-state index in [1.165, 1.54) is 23.1 Å². The first-order valence-electron chi connectivity index (χ1n) is 8.07. The van der Waals surface area contributed by atoms with Gasteiger partial charge in [0.2, 0.25) is 10.0 Å². The van der Waals surface area contributed by atoms with Crippen LogP contribution < -0.4 is 14.2 Å². The Morgan fingerprint density at radius 1 is 1.04 bits per heavy atom. The molecule has 0 radical (unpaired) electrons. The zero-order valence-corrected chi connectivity index (χ0v) is 15.7. The van der Waals surface area contributed by atoms with Crippen LogP contribution in [0.25, 0.3) is 5.69 Å². The van der Waals surface area contributed by atoms with Crippen molar-refractivity contribution in [2.24, 2.45) is 0 Å². The summed E-state index contributed by atoms with van der Waals surface area (Å²) in [5, 5.41) is 10.9. The van der Waals surface area contributed by atoms with Crippen molar-refractivity contribution < 1.29 is 17.9 Å². The lowest BCUT2D eigenvalue weighted by atomic mass is 10.1. The number of nitrogens with zero attached hydrogens (tertiary/aromatic N) is 4. The minimum Gasteiger partial charge on any atom is -0.493 e. The highest BCUT2D eigenvalue weighted by atomic mass is 32.2. The van der Waals surface area contributed by atoms with E-state index >= 15 is 0 Å². The van der Waals surface area contributed by atoms with Gasteiger partial charge in [0.1, 0.15) is 6.33 Å². The molecule has 0 spiro atoms. The maximum absolute atomic E-state index is 12.4. The summed E-state index contributed by atoms with van der Waals surface area (Å²) in [6.45, 7) is 0.257. The van der Waals surface area contributed by atoms with Crippen molar-refractivity contribution in [1.82, 2.24) is 24.9 Å². The van der Waals surface area contributed by atoms with E-state index in [9.17, 15) is 8.42 Å². The quantitative estimate of drug-likeness (QED) is 0.617. The number of hydrogen-bond donors (Lipinski definition) is 1. The molecule has 0 saturated carbocycles. The standard InChI is InChI=1S/C17H19N5O4S/c1-25-16-8-3-13(11-17(16)26-2)9-10-19-27(23,24)15-6-4-14(5-7-15)22-12-18-20-21-22/h3-8,11-12,19H,9-10H2,1-2H3. The van der Waals surface area contributed by atoms with E-state index in [0.717, 1.165) is 5.56 Å². The Balaban J connectivity index is 1.63. The fourth-order valence-corrected chi connectivity index (χ4v) is 3.54.